The minimum absolute atomic E-state index is 0.0854. The van der Waals surface area contributed by atoms with Gasteiger partial charge in [0.1, 0.15) is 6.61 Å². The second-order valence-corrected chi connectivity index (χ2v) is 6.03. The van der Waals surface area contributed by atoms with Crippen LogP contribution in [-0.2, 0) is 6.54 Å². The van der Waals surface area contributed by atoms with Crippen LogP contribution in [0.4, 0.5) is 0 Å². The van der Waals surface area contributed by atoms with Crippen molar-refractivity contribution in [3.8, 4) is 11.8 Å². The fraction of sp³-hybridized carbons (Fsp3) is 0.600. The van der Waals surface area contributed by atoms with Crippen molar-refractivity contribution < 1.29 is 10.2 Å². The van der Waals surface area contributed by atoms with Crippen molar-refractivity contribution in [3.63, 3.8) is 0 Å². The molecule has 1 fully saturated rings. The summed E-state index contributed by atoms with van der Waals surface area (Å²) in [7, 11) is 0. The number of piperidine rings is 1. The average molecular weight is 279 g/mol. The van der Waals surface area contributed by atoms with E-state index in [1.165, 1.54) is 24.1 Å². The summed E-state index contributed by atoms with van der Waals surface area (Å²) in [5.74, 6) is 5.63. The molecule has 0 aliphatic carbocycles. The van der Waals surface area contributed by atoms with Crippen molar-refractivity contribution in [1.82, 2.24) is 4.90 Å². The molecule has 0 radical (unpaired) electrons. The highest BCUT2D eigenvalue weighted by molar-refractivity contribution is 7.12. The van der Waals surface area contributed by atoms with Gasteiger partial charge in [-0.3, -0.25) is 4.90 Å². The molecule has 1 unspecified atom stereocenters. The van der Waals surface area contributed by atoms with E-state index in [-0.39, 0.29) is 13.2 Å². The molecular formula is C15H21NO2S. The highest BCUT2D eigenvalue weighted by Gasteiger charge is 2.22. The Morgan fingerprint density at radius 3 is 3.00 bits per heavy atom. The quantitative estimate of drug-likeness (QED) is 0.827. The van der Waals surface area contributed by atoms with E-state index in [1.807, 2.05) is 6.07 Å². The van der Waals surface area contributed by atoms with Crippen LogP contribution in [0.15, 0.2) is 12.1 Å². The smallest absolute Gasteiger partial charge is 0.104 e. The van der Waals surface area contributed by atoms with E-state index in [1.54, 1.807) is 11.3 Å². The highest BCUT2D eigenvalue weighted by atomic mass is 32.1. The van der Waals surface area contributed by atoms with Gasteiger partial charge in [0, 0.05) is 24.1 Å². The van der Waals surface area contributed by atoms with Gasteiger partial charge in [-0.1, -0.05) is 18.3 Å². The van der Waals surface area contributed by atoms with Crippen LogP contribution in [0.5, 0.6) is 0 Å². The Hall–Kier alpha value is -0.860. The molecule has 1 aliphatic rings. The summed E-state index contributed by atoms with van der Waals surface area (Å²) in [6, 6.07) is 4.66. The van der Waals surface area contributed by atoms with Crippen molar-refractivity contribution >= 4 is 11.3 Å². The van der Waals surface area contributed by atoms with Gasteiger partial charge in [0.05, 0.1) is 4.88 Å². The lowest BCUT2D eigenvalue weighted by atomic mass is 9.99. The van der Waals surface area contributed by atoms with Gasteiger partial charge in [0.25, 0.3) is 0 Å². The number of nitrogens with zero attached hydrogens (tertiary/aromatic N) is 1. The van der Waals surface area contributed by atoms with Crippen LogP contribution in [-0.4, -0.2) is 40.9 Å². The molecule has 2 heterocycles. The lowest BCUT2D eigenvalue weighted by molar-refractivity contribution is 0.113. The molecule has 4 heteroatoms. The van der Waals surface area contributed by atoms with Gasteiger partial charge in [-0.25, -0.2) is 0 Å². The van der Waals surface area contributed by atoms with Crippen LogP contribution in [0, 0.1) is 11.8 Å². The Morgan fingerprint density at radius 1 is 1.32 bits per heavy atom. The molecule has 1 aromatic heterocycles. The molecule has 0 saturated carbocycles. The van der Waals surface area contributed by atoms with Gasteiger partial charge in [-0.05, 0) is 37.9 Å². The predicted octanol–water partition coefficient (Wildman–Crippen LogP) is 1.83. The SMILES string of the molecule is OCC#Cc1ccc(CN2CCCCC2CCO)s1. The van der Waals surface area contributed by atoms with Gasteiger partial charge in [0.15, 0.2) is 0 Å². The number of hydrogen-bond donors (Lipinski definition) is 2. The molecule has 3 nitrogen and oxygen atoms in total. The summed E-state index contributed by atoms with van der Waals surface area (Å²) in [5.41, 5.74) is 0. The summed E-state index contributed by atoms with van der Waals surface area (Å²) >= 11 is 1.70. The highest BCUT2D eigenvalue weighted by Crippen LogP contribution is 2.24. The first-order valence-corrected chi connectivity index (χ1v) is 7.68. The Morgan fingerprint density at radius 2 is 2.21 bits per heavy atom. The van der Waals surface area contributed by atoms with Crippen molar-refractivity contribution in [3.05, 3.63) is 21.9 Å². The first-order chi connectivity index (χ1) is 9.33. The fourth-order valence-corrected chi connectivity index (χ4v) is 3.51. The molecule has 104 valence electrons. The molecule has 2 rings (SSSR count). The minimum Gasteiger partial charge on any atom is -0.396 e. The van der Waals surface area contributed by atoms with E-state index in [4.69, 9.17) is 10.2 Å². The standard InChI is InChI=1S/C15H21NO2S/c17-10-3-5-14-6-7-15(19-14)12-16-9-2-1-4-13(16)8-11-18/h6-7,13,17-18H,1-2,4,8-12H2. The van der Waals surface area contributed by atoms with Crippen LogP contribution < -0.4 is 0 Å². The number of likely N-dealkylation sites (tertiary alicyclic amines) is 1. The van der Waals surface area contributed by atoms with Crippen LogP contribution >= 0.6 is 11.3 Å². The normalized spacial score (nSPS) is 20.0. The zero-order chi connectivity index (χ0) is 13.5. The van der Waals surface area contributed by atoms with Gasteiger partial charge in [-0.15, -0.1) is 11.3 Å². The van der Waals surface area contributed by atoms with Crippen molar-refractivity contribution in [2.75, 3.05) is 19.8 Å². The molecule has 2 N–H and O–H groups in total. The fourth-order valence-electron chi connectivity index (χ4n) is 2.60. The molecule has 0 amide bonds. The number of hydrogen-bond acceptors (Lipinski definition) is 4. The third-order valence-electron chi connectivity index (χ3n) is 3.52. The van der Waals surface area contributed by atoms with Crippen LogP contribution in [0.2, 0.25) is 0 Å². The average Bonchev–Trinajstić information content (AvgIpc) is 2.87. The summed E-state index contributed by atoms with van der Waals surface area (Å²) in [6.45, 7) is 2.27. The maximum Gasteiger partial charge on any atom is 0.104 e. The van der Waals surface area contributed by atoms with Gasteiger partial charge in [-0.2, -0.15) is 0 Å². The van der Waals surface area contributed by atoms with Gasteiger partial charge in [0.2, 0.25) is 0 Å². The Balaban J connectivity index is 1.96. The van der Waals surface area contributed by atoms with Gasteiger partial charge < -0.3 is 10.2 Å². The second kappa shape index (κ2) is 7.66. The number of thiophene rings is 1. The first-order valence-electron chi connectivity index (χ1n) is 6.87. The van der Waals surface area contributed by atoms with E-state index < -0.39 is 0 Å². The largest absolute Gasteiger partial charge is 0.396 e. The van der Waals surface area contributed by atoms with E-state index >= 15 is 0 Å². The van der Waals surface area contributed by atoms with Crippen molar-refractivity contribution in [1.29, 1.82) is 0 Å². The third-order valence-corrected chi connectivity index (χ3v) is 4.51. The zero-order valence-electron chi connectivity index (χ0n) is 11.1. The number of rotatable bonds is 4. The lowest BCUT2D eigenvalue weighted by Gasteiger charge is -2.35. The summed E-state index contributed by atoms with van der Waals surface area (Å²) in [6.07, 6.45) is 4.61. The summed E-state index contributed by atoms with van der Waals surface area (Å²) in [5, 5.41) is 17.8. The third kappa shape index (κ3) is 4.32. The second-order valence-electron chi connectivity index (χ2n) is 4.86. The molecule has 19 heavy (non-hydrogen) atoms. The molecule has 1 aromatic rings. The summed E-state index contributed by atoms with van der Waals surface area (Å²) in [4.78, 5) is 4.81. The number of aliphatic hydroxyl groups excluding tert-OH is 2. The molecule has 0 spiro atoms. The van der Waals surface area contributed by atoms with Gasteiger partial charge >= 0.3 is 0 Å². The van der Waals surface area contributed by atoms with Crippen LogP contribution in [0.25, 0.3) is 0 Å². The molecule has 1 atom stereocenters. The lowest BCUT2D eigenvalue weighted by Crippen LogP contribution is -2.39. The van der Waals surface area contributed by atoms with E-state index in [0.717, 1.165) is 24.4 Å². The maximum atomic E-state index is 9.14. The van der Waals surface area contributed by atoms with Crippen molar-refractivity contribution in [2.45, 2.75) is 38.3 Å². The molecule has 0 aromatic carbocycles. The monoisotopic (exact) mass is 279 g/mol. The maximum absolute atomic E-state index is 9.14. The first kappa shape index (κ1) is 14.5. The van der Waals surface area contributed by atoms with Crippen LogP contribution in [0.1, 0.15) is 35.4 Å². The minimum atomic E-state index is -0.0854. The number of aliphatic hydroxyl groups is 2. The topological polar surface area (TPSA) is 43.7 Å². The van der Waals surface area contributed by atoms with Crippen molar-refractivity contribution in [2.24, 2.45) is 0 Å². The molecule has 1 saturated heterocycles. The zero-order valence-corrected chi connectivity index (χ0v) is 12.0. The predicted molar refractivity (Wildman–Crippen MR) is 78.0 cm³/mol. The molecule has 0 bridgehead atoms. The Bertz CT molecular complexity index is 444. The van der Waals surface area contributed by atoms with Crippen LogP contribution in [0.3, 0.4) is 0 Å². The Kier molecular flexibility index (Phi) is 5.87. The molecule has 1 aliphatic heterocycles. The van der Waals surface area contributed by atoms with E-state index in [9.17, 15) is 0 Å². The molecular weight excluding hydrogens is 258 g/mol. The van der Waals surface area contributed by atoms with E-state index in [0.29, 0.717) is 6.04 Å². The Labute approximate surface area is 118 Å². The summed E-state index contributed by atoms with van der Waals surface area (Å²) < 4.78 is 0. The van der Waals surface area contributed by atoms with E-state index in [2.05, 4.69) is 22.8 Å².